The first-order valence-electron chi connectivity index (χ1n) is 5.41. The lowest BCUT2D eigenvalue weighted by Gasteiger charge is -2.17. The number of carbonyl (C=O) groups excluding carboxylic acids is 1. The zero-order valence-electron chi connectivity index (χ0n) is 9.77. The number of aliphatic hydroxyl groups is 2. The molecule has 100 valence electrons. The van der Waals surface area contributed by atoms with Crippen molar-refractivity contribution in [2.45, 2.75) is 25.6 Å². The first-order chi connectivity index (χ1) is 8.43. The number of halogens is 2. The third-order valence-corrected chi connectivity index (χ3v) is 2.49. The Morgan fingerprint density at radius 2 is 2.11 bits per heavy atom. The van der Waals surface area contributed by atoms with E-state index in [4.69, 9.17) is 11.6 Å². The Morgan fingerprint density at radius 1 is 1.44 bits per heavy atom. The van der Waals surface area contributed by atoms with Crippen molar-refractivity contribution in [3.8, 4) is 0 Å². The van der Waals surface area contributed by atoms with Crippen LogP contribution in [0.5, 0.6) is 0 Å². The number of benzene rings is 1. The van der Waals surface area contributed by atoms with Crippen molar-refractivity contribution in [1.29, 1.82) is 0 Å². The lowest BCUT2D eigenvalue weighted by molar-refractivity contribution is -0.147. The zero-order valence-corrected chi connectivity index (χ0v) is 10.5. The van der Waals surface area contributed by atoms with E-state index in [1.807, 2.05) is 0 Å². The Bertz CT molecular complexity index is 404. The smallest absolute Gasteiger partial charge is 0.308 e. The van der Waals surface area contributed by atoms with Crippen LogP contribution in [0.3, 0.4) is 0 Å². The highest BCUT2D eigenvalue weighted by Crippen LogP contribution is 2.23. The van der Waals surface area contributed by atoms with Gasteiger partial charge < -0.3 is 14.9 Å². The van der Waals surface area contributed by atoms with E-state index in [-0.39, 0.29) is 23.6 Å². The normalized spacial score (nSPS) is 14.1. The maximum absolute atomic E-state index is 13.1. The fraction of sp³-hybridized carbons (Fsp3) is 0.417. The molecule has 0 aromatic heterocycles. The minimum atomic E-state index is -1.40. The van der Waals surface area contributed by atoms with Crippen LogP contribution in [0.1, 0.15) is 25.0 Å². The van der Waals surface area contributed by atoms with Gasteiger partial charge in [0, 0.05) is 5.02 Å². The maximum Gasteiger partial charge on any atom is 0.308 e. The maximum atomic E-state index is 13.1. The molecule has 0 saturated carbocycles. The molecule has 0 spiro atoms. The van der Waals surface area contributed by atoms with Crippen molar-refractivity contribution in [3.63, 3.8) is 0 Å². The average molecular weight is 277 g/mol. The molecule has 2 N–H and O–H groups in total. The summed E-state index contributed by atoms with van der Waals surface area (Å²) in [6.07, 6.45) is -3.15. The van der Waals surface area contributed by atoms with Crippen molar-refractivity contribution in [2.24, 2.45) is 0 Å². The molecular formula is C12H14ClFO4. The monoisotopic (exact) mass is 276 g/mol. The predicted octanol–water partition coefficient (Wildman–Crippen LogP) is 1.83. The number of ether oxygens (including phenoxy) is 1. The lowest BCUT2D eigenvalue weighted by atomic mass is 10.0. The van der Waals surface area contributed by atoms with E-state index in [0.717, 1.165) is 12.1 Å². The molecule has 2 unspecified atom stereocenters. The van der Waals surface area contributed by atoms with E-state index in [2.05, 4.69) is 4.74 Å². The first-order valence-corrected chi connectivity index (χ1v) is 5.79. The van der Waals surface area contributed by atoms with Crippen molar-refractivity contribution in [2.75, 3.05) is 6.61 Å². The molecule has 0 heterocycles. The summed E-state index contributed by atoms with van der Waals surface area (Å²) in [7, 11) is 0. The molecule has 0 saturated heterocycles. The number of hydrogen-bond acceptors (Lipinski definition) is 4. The van der Waals surface area contributed by atoms with Gasteiger partial charge in [-0.3, -0.25) is 4.79 Å². The van der Waals surface area contributed by atoms with Crippen LogP contribution < -0.4 is 0 Å². The van der Waals surface area contributed by atoms with Crippen LogP contribution in [0.4, 0.5) is 4.39 Å². The summed E-state index contributed by atoms with van der Waals surface area (Å²) in [6.45, 7) is 1.82. The molecule has 0 aliphatic carbocycles. The van der Waals surface area contributed by atoms with Crippen LogP contribution in [-0.2, 0) is 9.53 Å². The fourth-order valence-corrected chi connectivity index (χ4v) is 1.70. The summed E-state index contributed by atoms with van der Waals surface area (Å²) in [6, 6.07) is 3.45. The van der Waals surface area contributed by atoms with E-state index >= 15 is 0 Å². The summed E-state index contributed by atoms with van der Waals surface area (Å²) in [5.74, 6) is -1.26. The molecule has 0 amide bonds. The molecular weight excluding hydrogens is 263 g/mol. The second kappa shape index (κ2) is 6.68. The highest BCUT2D eigenvalue weighted by atomic mass is 35.5. The van der Waals surface area contributed by atoms with Gasteiger partial charge in [0.05, 0.1) is 19.1 Å². The van der Waals surface area contributed by atoms with Crippen LogP contribution >= 0.6 is 11.6 Å². The minimum absolute atomic E-state index is 0.104. The van der Waals surface area contributed by atoms with Crippen molar-refractivity contribution < 1.29 is 24.1 Å². The fourth-order valence-electron chi connectivity index (χ4n) is 1.47. The van der Waals surface area contributed by atoms with Crippen LogP contribution in [-0.4, -0.2) is 28.9 Å². The van der Waals surface area contributed by atoms with Crippen molar-refractivity contribution >= 4 is 17.6 Å². The number of esters is 1. The van der Waals surface area contributed by atoms with Gasteiger partial charge in [0.2, 0.25) is 0 Å². The van der Waals surface area contributed by atoms with Gasteiger partial charge >= 0.3 is 5.97 Å². The van der Waals surface area contributed by atoms with E-state index in [9.17, 15) is 19.4 Å². The largest absolute Gasteiger partial charge is 0.466 e. The van der Waals surface area contributed by atoms with Gasteiger partial charge in [-0.2, -0.15) is 0 Å². The van der Waals surface area contributed by atoms with Crippen LogP contribution in [0, 0.1) is 5.82 Å². The Labute approximate surface area is 109 Å². The van der Waals surface area contributed by atoms with Gasteiger partial charge in [0.15, 0.2) is 0 Å². The van der Waals surface area contributed by atoms with Crippen LogP contribution in [0.25, 0.3) is 0 Å². The highest BCUT2D eigenvalue weighted by molar-refractivity contribution is 6.30. The Kier molecular flexibility index (Phi) is 5.53. The standard InChI is InChI=1S/C12H14ClFO4/c1-2-18-11(16)6-10(15)12(17)7-3-8(13)5-9(14)4-7/h3-5,10,12,15,17H,2,6H2,1H3. The molecule has 4 nitrogen and oxygen atoms in total. The molecule has 1 aromatic carbocycles. The van der Waals surface area contributed by atoms with E-state index in [0.29, 0.717) is 0 Å². The second-order valence-corrected chi connectivity index (χ2v) is 4.16. The first kappa shape index (κ1) is 14.9. The van der Waals surface area contributed by atoms with Gasteiger partial charge in [-0.05, 0) is 30.7 Å². The molecule has 0 radical (unpaired) electrons. The second-order valence-electron chi connectivity index (χ2n) is 3.72. The average Bonchev–Trinajstić information content (AvgIpc) is 2.26. The van der Waals surface area contributed by atoms with Gasteiger partial charge in [0.1, 0.15) is 11.9 Å². The molecule has 2 atom stereocenters. The Hall–Kier alpha value is -1.17. The lowest BCUT2D eigenvalue weighted by Crippen LogP contribution is -2.23. The van der Waals surface area contributed by atoms with Gasteiger partial charge in [0.25, 0.3) is 0 Å². The number of carbonyl (C=O) groups is 1. The molecule has 0 aliphatic heterocycles. The quantitative estimate of drug-likeness (QED) is 0.805. The van der Waals surface area contributed by atoms with E-state index in [1.165, 1.54) is 6.07 Å². The Morgan fingerprint density at radius 3 is 2.67 bits per heavy atom. The summed E-state index contributed by atoms with van der Waals surface area (Å²) in [5.41, 5.74) is 0.108. The van der Waals surface area contributed by atoms with Gasteiger partial charge in [-0.15, -0.1) is 0 Å². The van der Waals surface area contributed by atoms with Crippen molar-refractivity contribution in [1.82, 2.24) is 0 Å². The van der Waals surface area contributed by atoms with Gasteiger partial charge in [-0.25, -0.2) is 4.39 Å². The topological polar surface area (TPSA) is 66.8 Å². The van der Waals surface area contributed by atoms with Crippen LogP contribution in [0.15, 0.2) is 18.2 Å². The SMILES string of the molecule is CCOC(=O)CC(O)C(O)c1cc(F)cc(Cl)c1. The third-order valence-electron chi connectivity index (χ3n) is 2.27. The van der Waals surface area contributed by atoms with Gasteiger partial charge in [-0.1, -0.05) is 11.6 Å². The minimum Gasteiger partial charge on any atom is -0.466 e. The molecule has 1 aromatic rings. The summed E-state index contributed by atoms with van der Waals surface area (Å²) in [5, 5.41) is 19.5. The van der Waals surface area contributed by atoms with Crippen LogP contribution in [0.2, 0.25) is 5.02 Å². The van der Waals surface area contributed by atoms with E-state index < -0.39 is 24.0 Å². The molecule has 0 aliphatic rings. The molecule has 0 fully saturated rings. The predicted molar refractivity (Wildman–Crippen MR) is 63.6 cm³/mol. The summed E-state index contributed by atoms with van der Waals surface area (Å²) < 4.78 is 17.7. The van der Waals surface area contributed by atoms with Crippen molar-refractivity contribution in [3.05, 3.63) is 34.6 Å². The molecule has 1 rings (SSSR count). The molecule has 6 heteroatoms. The summed E-state index contributed by atoms with van der Waals surface area (Å²) in [4.78, 5) is 11.1. The number of hydrogen-bond donors (Lipinski definition) is 2. The number of rotatable bonds is 5. The molecule has 18 heavy (non-hydrogen) atoms. The highest BCUT2D eigenvalue weighted by Gasteiger charge is 2.22. The zero-order chi connectivity index (χ0) is 13.7. The Balaban J connectivity index is 2.73. The summed E-state index contributed by atoms with van der Waals surface area (Å²) >= 11 is 5.63. The van der Waals surface area contributed by atoms with E-state index in [1.54, 1.807) is 6.92 Å². The third kappa shape index (κ3) is 4.25. The molecule has 0 bridgehead atoms. The number of aliphatic hydroxyl groups excluding tert-OH is 2.